The lowest BCUT2D eigenvalue weighted by molar-refractivity contribution is 0.259. The molecule has 2 rings (SSSR count). The zero-order chi connectivity index (χ0) is 15.3. The lowest BCUT2D eigenvalue weighted by Crippen LogP contribution is -2.30. The fourth-order valence-electron chi connectivity index (χ4n) is 1.92. The van der Waals surface area contributed by atoms with Gasteiger partial charge in [0.15, 0.2) is 0 Å². The zero-order valence-electron chi connectivity index (χ0n) is 11.6. The second-order valence-corrected chi connectivity index (χ2v) is 6.16. The SMILES string of the molecule is COc1cccc(S(=O)(=O)N[C@H](CO)c2ccccc2)c1. The third kappa shape index (κ3) is 3.81. The summed E-state index contributed by atoms with van der Waals surface area (Å²) in [6, 6.07) is 14.4. The van der Waals surface area contributed by atoms with Gasteiger partial charge in [-0.25, -0.2) is 13.1 Å². The summed E-state index contributed by atoms with van der Waals surface area (Å²) in [6.45, 7) is -0.326. The topological polar surface area (TPSA) is 75.6 Å². The van der Waals surface area contributed by atoms with Gasteiger partial charge in [-0.15, -0.1) is 0 Å². The lowest BCUT2D eigenvalue weighted by atomic mass is 10.1. The molecular weight excluding hydrogens is 290 g/mol. The van der Waals surface area contributed by atoms with E-state index in [4.69, 9.17) is 4.74 Å². The molecule has 2 N–H and O–H groups in total. The van der Waals surface area contributed by atoms with E-state index in [0.29, 0.717) is 11.3 Å². The second-order valence-electron chi connectivity index (χ2n) is 4.45. The molecule has 0 aliphatic rings. The van der Waals surface area contributed by atoms with Crippen molar-refractivity contribution < 1.29 is 18.3 Å². The Bertz CT molecular complexity index is 686. The highest BCUT2D eigenvalue weighted by molar-refractivity contribution is 7.89. The Kier molecular flexibility index (Phi) is 4.95. The number of hydrogen-bond donors (Lipinski definition) is 2. The molecule has 0 aliphatic carbocycles. The summed E-state index contributed by atoms with van der Waals surface area (Å²) in [4.78, 5) is 0.0937. The Morgan fingerprint density at radius 1 is 1.14 bits per heavy atom. The largest absolute Gasteiger partial charge is 0.497 e. The molecule has 1 atom stereocenters. The Morgan fingerprint density at radius 2 is 1.86 bits per heavy atom. The zero-order valence-corrected chi connectivity index (χ0v) is 12.4. The molecule has 5 nitrogen and oxygen atoms in total. The van der Waals surface area contributed by atoms with Gasteiger partial charge < -0.3 is 9.84 Å². The highest BCUT2D eigenvalue weighted by Gasteiger charge is 2.21. The van der Waals surface area contributed by atoms with Crippen molar-refractivity contribution in [3.63, 3.8) is 0 Å². The van der Waals surface area contributed by atoms with Crippen molar-refractivity contribution in [3.8, 4) is 5.75 Å². The molecular formula is C15H17NO4S. The average molecular weight is 307 g/mol. The number of sulfonamides is 1. The first-order valence-corrected chi connectivity index (χ1v) is 7.87. The first-order valence-electron chi connectivity index (χ1n) is 6.39. The molecule has 112 valence electrons. The van der Waals surface area contributed by atoms with Gasteiger partial charge in [0.05, 0.1) is 24.7 Å². The van der Waals surface area contributed by atoms with Gasteiger partial charge in [0.1, 0.15) is 5.75 Å². The minimum atomic E-state index is -3.74. The monoisotopic (exact) mass is 307 g/mol. The van der Waals surface area contributed by atoms with Crippen molar-refractivity contribution in [1.29, 1.82) is 0 Å². The smallest absolute Gasteiger partial charge is 0.241 e. The van der Waals surface area contributed by atoms with Crippen LogP contribution in [0.25, 0.3) is 0 Å². The lowest BCUT2D eigenvalue weighted by Gasteiger charge is -2.17. The van der Waals surface area contributed by atoms with Gasteiger partial charge in [0.2, 0.25) is 10.0 Å². The molecule has 0 aliphatic heterocycles. The van der Waals surface area contributed by atoms with Gasteiger partial charge >= 0.3 is 0 Å². The van der Waals surface area contributed by atoms with Gasteiger partial charge in [-0.2, -0.15) is 0 Å². The van der Waals surface area contributed by atoms with Gasteiger partial charge in [-0.1, -0.05) is 36.4 Å². The van der Waals surface area contributed by atoms with Gasteiger partial charge in [-0.05, 0) is 17.7 Å². The van der Waals surface area contributed by atoms with E-state index in [0.717, 1.165) is 0 Å². The predicted octanol–water partition coefficient (Wildman–Crippen LogP) is 1.71. The van der Waals surface area contributed by atoms with Crippen LogP contribution in [-0.2, 0) is 10.0 Å². The van der Waals surface area contributed by atoms with Crippen LogP contribution in [-0.4, -0.2) is 27.2 Å². The van der Waals surface area contributed by atoms with Crippen LogP contribution in [0.4, 0.5) is 0 Å². The molecule has 0 unspecified atom stereocenters. The number of rotatable bonds is 6. The standard InChI is InChI=1S/C15H17NO4S/c1-20-13-8-5-9-14(10-13)21(18,19)16-15(11-17)12-6-3-2-4-7-12/h2-10,15-17H,11H2,1H3/t15-/m1/s1. The third-order valence-electron chi connectivity index (χ3n) is 3.03. The maximum Gasteiger partial charge on any atom is 0.241 e. The van der Waals surface area contributed by atoms with Crippen LogP contribution in [0.5, 0.6) is 5.75 Å². The molecule has 0 aromatic heterocycles. The molecule has 21 heavy (non-hydrogen) atoms. The van der Waals surface area contributed by atoms with Crippen LogP contribution in [0.1, 0.15) is 11.6 Å². The molecule has 0 saturated carbocycles. The minimum Gasteiger partial charge on any atom is -0.497 e. The van der Waals surface area contributed by atoms with E-state index in [9.17, 15) is 13.5 Å². The Morgan fingerprint density at radius 3 is 2.48 bits per heavy atom. The molecule has 2 aromatic rings. The quantitative estimate of drug-likeness (QED) is 0.852. The number of nitrogens with one attached hydrogen (secondary N) is 1. The number of methoxy groups -OCH3 is 1. The van der Waals surface area contributed by atoms with E-state index in [1.807, 2.05) is 6.07 Å². The van der Waals surface area contributed by atoms with Crippen molar-refractivity contribution in [2.24, 2.45) is 0 Å². The maximum absolute atomic E-state index is 12.4. The summed E-state index contributed by atoms with van der Waals surface area (Å²) in [5.41, 5.74) is 0.700. The van der Waals surface area contributed by atoms with Crippen LogP contribution in [0, 0.1) is 0 Å². The fourth-order valence-corrected chi connectivity index (χ4v) is 3.17. The van der Waals surface area contributed by atoms with Crippen LogP contribution in [0.15, 0.2) is 59.5 Å². The van der Waals surface area contributed by atoms with Crippen molar-refractivity contribution >= 4 is 10.0 Å². The molecule has 0 heterocycles. The van der Waals surface area contributed by atoms with Crippen molar-refractivity contribution in [1.82, 2.24) is 4.72 Å². The molecule has 0 radical (unpaired) electrons. The molecule has 0 bridgehead atoms. The van der Waals surface area contributed by atoms with E-state index in [2.05, 4.69) is 4.72 Å². The van der Waals surface area contributed by atoms with Gasteiger partial charge in [-0.3, -0.25) is 0 Å². The summed E-state index contributed by atoms with van der Waals surface area (Å²) >= 11 is 0. The molecule has 0 spiro atoms. The summed E-state index contributed by atoms with van der Waals surface area (Å²) < 4.78 is 32.2. The summed E-state index contributed by atoms with van der Waals surface area (Å²) in [7, 11) is -2.27. The minimum absolute atomic E-state index is 0.0937. The predicted molar refractivity (Wildman–Crippen MR) is 79.6 cm³/mol. The third-order valence-corrected chi connectivity index (χ3v) is 4.50. The highest BCUT2D eigenvalue weighted by atomic mass is 32.2. The number of aliphatic hydroxyl groups excluding tert-OH is 1. The van der Waals surface area contributed by atoms with Crippen LogP contribution in [0.3, 0.4) is 0 Å². The van der Waals surface area contributed by atoms with Gasteiger partial charge in [0.25, 0.3) is 0 Å². The van der Waals surface area contributed by atoms with E-state index < -0.39 is 16.1 Å². The number of aliphatic hydroxyl groups is 1. The van der Waals surface area contributed by atoms with Crippen molar-refractivity contribution in [2.45, 2.75) is 10.9 Å². The van der Waals surface area contributed by atoms with E-state index in [-0.39, 0.29) is 11.5 Å². The highest BCUT2D eigenvalue weighted by Crippen LogP contribution is 2.20. The summed E-state index contributed by atoms with van der Waals surface area (Å²) in [5, 5.41) is 9.44. The first kappa shape index (κ1) is 15.5. The number of benzene rings is 2. The normalized spacial score (nSPS) is 12.9. The van der Waals surface area contributed by atoms with Crippen molar-refractivity contribution in [3.05, 3.63) is 60.2 Å². The van der Waals surface area contributed by atoms with Crippen LogP contribution < -0.4 is 9.46 Å². The van der Waals surface area contributed by atoms with E-state index in [1.54, 1.807) is 36.4 Å². The summed E-state index contributed by atoms with van der Waals surface area (Å²) in [6.07, 6.45) is 0. The van der Waals surface area contributed by atoms with Crippen LogP contribution in [0.2, 0.25) is 0 Å². The average Bonchev–Trinajstić information content (AvgIpc) is 2.53. The molecule has 2 aromatic carbocycles. The molecule has 6 heteroatoms. The Hall–Kier alpha value is -1.89. The Labute approximate surface area is 124 Å². The fraction of sp³-hybridized carbons (Fsp3) is 0.200. The number of ether oxygens (including phenoxy) is 1. The second kappa shape index (κ2) is 6.71. The molecule has 0 amide bonds. The number of hydrogen-bond acceptors (Lipinski definition) is 4. The first-order chi connectivity index (χ1) is 10.1. The van der Waals surface area contributed by atoms with Gasteiger partial charge in [0, 0.05) is 6.07 Å². The van der Waals surface area contributed by atoms with Crippen molar-refractivity contribution in [2.75, 3.05) is 13.7 Å². The Balaban J connectivity index is 2.27. The molecule has 0 fully saturated rings. The van der Waals surface area contributed by atoms with Crippen LogP contribution >= 0.6 is 0 Å². The summed E-state index contributed by atoms with van der Waals surface area (Å²) in [5.74, 6) is 0.457. The maximum atomic E-state index is 12.4. The van der Waals surface area contributed by atoms with E-state index in [1.165, 1.54) is 19.2 Å². The molecule has 0 saturated heterocycles. The van der Waals surface area contributed by atoms with E-state index >= 15 is 0 Å².